The van der Waals surface area contributed by atoms with E-state index in [1.165, 1.54) is 0 Å². The van der Waals surface area contributed by atoms with Crippen LogP contribution in [0.1, 0.15) is 14.4 Å². The summed E-state index contributed by atoms with van der Waals surface area (Å²) in [6.45, 7) is 2.62. The predicted molar refractivity (Wildman–Crippen MR) is 52.1 cm³/mol. The second kappa shape index (κ2) is 6.33. The van der Waals surface area contributed by atoms with E-state index in [-0.39, 0.29) is 25.2 Å². The molecule has 0 saturated carbocycles. The Morgan fingerprint density at radius 2 is 1.73 bits per heavy atom. The third kappa shape index (κ3) is 4.24. The van der Waals surface area contributed by atoms with Gasteiger partial charge in [0.15, 0.2) is 0 Å². The second-order valence-corrected chi connectivity index (χ2v) is 3.06. The van der Waals surface area contributed by atoms with Crippen molar-refractivity contribution in [3.8, 4) is 0 Å². The van der Waals surface area contributed by atoms with Crippen molar-refractivity contribution in [3.05, 3.63) is 0 Å². The number of nitrogens with two attached hydrogens (primary N) is 1. The summed E-state index contributed by atoms with van der Waals surface area (Å²) in [4.78, 5) is 29.6. The average Bonchev–Trinajstić information content (AvgIpc) is 2.67. The Morgan fingerprint density at radius 3 is 1.87 bits per heavy atom. The Kier molecular flexibility index (Phi) is 5.83. The summed E-state index contributed by atoms with van der Waals surface area (Å²) in [5.41, 5.74) is 9.48. The van der Waals surface area contributed by atoms with E-state index in [1.54, 1.807) is 0 Å². The number of nitrogens with one attached hydrogen (secondary N) is 2. The van der Waals surface area contributed by atoms with Crippen molar-refractivity contribution in [1.82, 2.24) is 11.0 Å². The third-order valence-corrected chi connectivity index (χ3v) is 1.73. The van der Waals surface area contributed by atoms with Gasteiger partial charge in [0.2, 0.25) is 5.91 Å². The van der Waals surface area contributed by atoms with Crippen LogP contribution in [-0.2, 0) is 19.3 Å². The molecule has 4 N–H and O–H groups in total. The molecule has 0 aromatic heterocycles. The maximum absolute atomic E-state index is 10.3. The van der Waals surface area contributed by atoms with Gasteiger partial charge < -0.3 is 5.73 Å². The molecule has 2 fully saturated rings. The minimum absolute atomic E-state index is 0. The Hall–Kier alpha value is -1.18. The van der Waals surface area contributed by atoms with Gasteiger partial charge in [0, 0.05) is 0 Å². The standard InChI is InChI=1S/C4H7NO2.C3H6N2O2.CH4/c1-3-2-7-5-4(3)6;4-2-1-7-5-3(2)6;/h3H,2H2,1H3,(H,5,6);2H,1,4H2,(H,5,6);1H4/t3-;2-;/m10./s1. The van der Waals surface area contributed by atoms with Crippen LogP contribution >= 0.6 is 0 Å². The van der Waals surface area contributed by atoms with E-state index in [4.69, 9.17) is 5.73 Å². The molecule has 2 atom stereocenters. The first-order valence-electron chi connectivity index (χ1n) is 4.20. The minimum atomic E-state index is -0.458. The molecular weight excluding hydrogens is 202 g/mol. The van der Waals surface area contributed by atoms with Crippen molar-refractivity contribution < 1.29 is 19.3 Å². The Bertz CT molecular complexity index is 210. The molecule has 0 bridgehead atoms. The van der Waals surface area contributed by atoms with Crippen LogP contribution in [0.4, 0.5) is 0 Å². The lowest BCUT2D eigenvalue weighted by Gasteiger charge is -1.87. The van der Waals surface area contributed by atoms with Crippen LogP contribution in [0.15, 0.2) is 0 Å². The van der Waals surface area contributed by atoms with Gasteiger partial charge in [0.1, 0.15) is 6.04 Å². The molecule has 2 amide bonds. The smallest absolute Gasteiger partial charge is 0.262 e. The number of carbonyl (C=O) groups excluding carboxylic acids is 2. The van der Waals surface area contributed by atoms with Crippen LogP contribution < -0.4 is 16.7 Å². The molecule has 0 aromatic carbocycles. The number of carbonyl (C=O) groups is 2. The molecule has 0 aromatic rings. The monoisotopic (exact) mass is 219 g/mol. The second-order valence-electron chi connectivity index (χ2n) is 3.06. The lowest BCUT2D eigenvalue weighted by atomic mass is 10.2. The number of hydroxylamine groups is 2. The fourth-order valence-corrected chi connectivity index (χ4v) is 0.768. The molecule has 2 aliphatic heterocycles. The van der Waals surface area contributed by atoms with E-state index >= 15 is 0 Å². The van der Waals surface area contributed by atoms with Gasteiger partial charge in [-0.1, -0.05) is 14.4 Å². The summed E-state index contributed by atoms with van der Waals surface area (Å²) < 4.78 is 0. The predicted octanol–water partition coefficient (Wildman–Crippen LogP) is -1.30. The highest BCUT2D eigenvalue weighted by molar-refractivity contribution is 5.81. The molecule has 2 heterocycles. The van der Waals surface area contributed by atoms with E-state index < -0.39 is 6.04 Å². The van der Waals surface area contributed by atoms with E-state index in [0.29, 0.717) is 13.2 Å². The van der Waals surface area contributed by atoms with Crippen molar-refractivity contribution in [2.75, 3.05) is 13.2 Å². The van der Waals surface area contributed by atoms with Gasteiger partial charge in [-0.25, -0.2) is 11.0 Å². The summed E-state index contributed by atoms with van der Waals surface area (Å²) in [5.74, 6) is -0.208. The van der Waals surface area contributed by atoms with Crippen LogP contribution in [-0.4, -0.2) is 31.1 Å². The highest BCUT2D eigenvalue weighted by Crippen LogP contribution is 2.00. The summed E-state index contributed by atoms with van der Waals surface area (Å²) in [7, 11) is 0. The zero-order valence-corrected chi connectivity index (χ0v) is 7.78. The van der Waals surface area contributed by atoms with Crippen molar-refractivity contribution in [2.45, 2.75) is 20.4 Å². The van der Waals surface area contributed by atoms with E-state index in [2.05, 4.69) is 20.6 Å². The van der Waals surface area contributed by atoms with Gasteiger partial charge >= 0.3 is 0 Å². The van der Waals surface area contributed by atoms with Crippen LogP contribution in [0, 0.1) is 5.92 Å². The largest absolute Gasteiger partial charge is 0.318 e. The quantitative estimate of drug-likeness (QED) is 0.469. The highest BCUT2D eigenvalue weighted by atomic mass is 16.7. The Balaban J connectivity index is 0.000000245. The van der Waals surface area contributed by atoms with Gasteiger partial charge in [-0.2, -0.15) is 0 Å². The zero-order valence-electron chi connectivity index (χ0n) is 7.78. The van der Waals surface area contributed by atoms with Crippen molar-refractivity contribution in [3.63, 3.8) is 0 Å². The fourth-order valence-electron chi connectivity index (χ4n) is 0.768. The maximum atomic E-state index is 10.3. The first-order valence-corrected chi connectivity index (χ1v) is 4.20. The zero-order chi connectivity index (χ0) is 10.6. The average molecular weight is 219 g/mol. The first kappa shape index (κ1) is 13.8. The molecule has 2 aliphatic rings. The topological polar surface area (TPSA) is 103 Å². The molecule has 0 aliphatic carbocycles. The number of hydrogen-bond donors (Lipinski definition) is 3. The number of rotatable bonds is 0. The van der Waals surface area contributed by atoms with Gasteiger partial charge in [0.25, 0.3) is 5.91 Å². The Morgan fingerprint density at radius 1 is 1.20 bits per heavy atom. The summed E-state index contributed by atoms with van der Waals surface area (Å²) >= 11 is 0. The summed E-state index contributed by atoms with van der Waals surface area (Å²) in [5, 5.41) is 0. The molecule has 15 heavy (non-hydrogen) atoms. The van der Waals surface area contributed by atoms with Crippen molar-refractivity contribution in [2.24, 2.45) is 11.7 Å². The lowest BCUT2D eigenvalue weighted by Crippen LogP contribution is -2.31. The van der Waals surface area contributed by atoms with E-state index in [9.17, 15) is 9.59 Å². The Labute approximate surface area is 88.2 Å². The van der Waals surface area contributed by atoms with Crippen LogP contribution in [0.25, 0.3) is 0 Å². The normalized spacial score (nSPS) is 28.4. The molecule has 0 radical (unpaired) electrons. The van der Waals surface area contributed by atoms with Crippen LogP contribution in [0.3, 0.4) is 0 Å². The molecule has 2 saturated heterocycles. The fraction of sp³-hybridized carbons (Fsp3) is 0.750. The summed E-state index contributed by atoms with van der Waals surface area (Å²) in [6, 6.07) is -0.458. The molecule has 0 unspecified atom stereocenters. The van der Waals surface area contributed by atoms with Gasteiger partial charge in [-0.05, 0) is 0 Å². The summed E-state index contributed by atoms with van der Waals surface area (Å²) in [6.07, 6.45) is 0. The van der Waals surface area contributed by atoms with E-state index in [0.717, 1.165) is 0 Å². The van der Waals surface area contributed by atoms with Gasteiger partial charge in [-0.3, -0.25) is 19.3 Å². The van der Waals surface area contributed by atoms with Crippen LogP contribution in [0.2, 0.25) is 0 Å². The lowest BCUT2D eigenvalue weighted by molar-refractivity contribution is -0.126. The van der Waals surface area contributed by atoms with Gasteiger partial charge in [-0.15, -0.1) is 0 Å². The number of amides is 2. The van der Waals surface area contributed by atoms with E-state index in [1.807, 2.05) is 6.92 Å². The molecule has 7 nitrogen and oxygen atoms in total. The minimum Gasteiger partial charge on any atom is -0.318 e. The number of hydrogen-bond acceptors (Lipinski definition) is 5. The van der Waals surface area contributed by atoms with Crippen LogP contribution in [0.5, 0.6) is 0 Å². The molecule has 2 rings (SSSR count). The maximum Gasteiger partial charge on any atom is 0.262 e. The van der Waals surface area contributed by atoms with Crippen molar-refractivity contribution in [1.29, 1.82) is 0 Å². The molecule has 88 valence electrons. The molecule has 0 spiro atoms. The molecular formula is C8H17N3O4. The SMILES string of the molecule is C.C[C@@H]1CONC1=O.N[C@H]1CONC1=O. The highest BCUT2D eigenvalue weighted by Gasteiger charge is 2.20. The third-order valence-electron chi connectivity index (χ3n) is 1.73. The molecule has 7 heteroatoms. The van der Waals surface area contributed by atoms with Gasteiger partial charge in [0.05, 0.1) is 19.1 Å². The van der Waals surface area contributed by atoms with Crippen molar-refractivity contribution >= 4 is 11.8 Å². The first-order chi connectivity index (χ1) is 6.61.